The zero-order valence-corrected chi connectivity index (χ0v) is 12.7. The van der Waals surface area contributed by atoms with E-state index in [2.05, 4.69) is 24.1 Å². The number of carboxylic acids is 1. The highest BCUT2D eigenvalue weighted by Gasteiger charge is 2.17. The lowest BCUT2D eigenvalue weighted by Crippen LogP contribution is -2.33. The zero-order valence-electron chi connectivity index (χ0n) is 12.7. The Kier molecular flexibility index (Phi) is 7.59. The summed E-state index contributed by atoms with van der Waals surface area (Å²) in [6, 6.07) is 0. The summed E-state index contributed by atoms with van der Waals surface area (Å²) >= 11 is 0. The van der Waals surface area contributed by atoms with E-state index >= 15 is 0 Å². The Morgan fingerprint density at radius 2 is 1.90 bits per heavy atom. The van der Waals surface area contributed by atoms with Crippen LogP contribution in [0.4, 0.5) is 0 Å². The van der Waals surface area contributed by atoms with Crippen LogP contribution >= 0.6 is 0 Å². The van der Waals surface area contributed by atoms with Gasteiger partial charge in [-0.25, -0.2) is 0 Å². The lowest BCUT2D eigenvalue weighted by Gasteiger charge is -2.18. The smallest absolute Gasteiger partial charge is 0.303 e. The first-order valence-electron chi connectivity index (χ1n) is 7.68. The van der Waals surface area contributed by atoms with Crippen LogP contribution in [0.2, 0.25) is 0 Å². The van der Waals surface area contributed by atoms with Gasteiger partial charge in [0, 0.05) is 25.9 Å². The average molecular weight is 284 g/mol. The molecule has 0 aromatic rings. The second-order valence-corrected chi connectivity index (χ2v) is 6.20. The summed E-state index contributed by atoms with van der Waals surface area (Å²) in [5.41, 5.74) is 0. The van der Waals surface area contributed by atoms with Gasteiger partial charge < -0.3 is 15.3 Å². The normalized spacial score (nSPS) is 17.4. The predicted octanol–water partition coefficient (Wildman–Crippen LogP) is 1.73. The summed E-state index contributed by atoms with van der Waals surface area (Å²) in [7, 11) is 0. The molecule has 1 aliphatic heterocycles. The fourth-order valence-electron chi connectivity index (χ4n) is 2.76. The van der Waals surface area contributed by atoms with E-state index in [1.807, 2.05) is 0 Å². The van der Waals surface area contributed by atoms with Crippen molar-refractivity contribution in [3.63, 3.8) is 0 Å². The van der Waals surface area contributed by atoms with E-state index in [1.165, 1.54) is 12.8 Å². The summed E-state index contributed by atoms with van der Waals surface area (Å²) in [6.07, 6.45) is 3.94. The number of rotatable bonds is 9. The maximum absolute atomic E-state index is 11.8. The van der Waals surface area contributed by atoms with Crippen LogP contribution in [0, 0.1) is 11.8 Å². The van der Waals surface area contributed by atoms with Crippen molar-refractivity contribution in [2.45, 2.75) is 46.0 Å². The molecule has 0 aliphatic carbocycles. The Labute approximate surface area is 121 Å². The SMILES string of the molecule is CC(C)CC(CNC(=O)CCN1CCCC1)CC(=O)O. The first-order valence-corrected chi connectivity index (χ1v) is 7.68. The van der Waals surface area contributed by atoms with Gasteiger partial charge in [0.05, 0.1) is 0 Å². The fraction of sp³-hybridized carbons (Fsp3) is 0.867. The number of carboxylic acid groups (broad SMARTS) is 1. The van der Waals surface area contributed by atoms with E-state index in [9.17, 15) is 9.59 Å². The van der Waals surface area contributed by atoms with Crippen molar-refractivity contribution in [3.05, 3.63) is 0 Å². The molecule has 1 atom stereocenters. The average Bonchev–Trinajstić information content (AvgIpc) is 2.85. The number of hydrogen-bond donors (Lipinski definition) is 2. The number of carbonyl (C=O) groups is 2. The van der Waals surface area contributed by atoms with E-state index in [4.69, 9.17) is 5.11 Å². The first-order chi connectivity index (χ1) is 9.47. The quantitative estimate of drug-likeness (QED) is 0.676. The zero-order chi connectivity index (χ0) is 15.0. The van der Waals surface area contributed by atoms with E-state index < -0.39 is 5.97 Å². The summed E-state index contributed by atoms with van der Waals surface area (Å²) in [5.74, 6) is -0.276. The Bertz CT molecular complexity index is 312. The van der Waals surface area contributed by atoms with Crippen LogP contribution < -0.4 is 5.32 Å². The van der Waals surface area contributed by atoms with Crippen molar-refractivity contribution in [2.24, 2.45) is 11.8 Å². The van der Waals surface area contributed by atoms with E-state index in [0.29, 0.717) is 18.9 Å². The van der Waals surface area contributed by atoms with Crippen molar-refractivity contribution in [2.75, 3.05) is 26.2 Å². The molecule has 0 aromatic carbocycles. The lowest BCUT2D eigenvalue weighted by atomic mass is 9.94. The van der Waals surface area contributed by atoms with Gasteiger partial charge in [-0.15, -0.1) is 0 Å². The molecule has 0 saturated carbocycles. The van der Waals surface area contributed by atoms with Crippen molar-refractivity contribution in [3.8, 4) is 0 Å². The number of hydrogen-bond acceptors (Lipinski definition) is 3. The van der Waals surface area contributed by atoms with E-state index in [1.54, 1.807) is 0 Å². The lowest BCUT2D eigenvalue weighted by molar-refractivity contribution is -0.138. The number of nitrogens with one attached hydrogen (secondary N) is 1. The molecule has 0 bridgehead atoms. The molecule has 1 fully saturated rings. The molecule has 1 saturated heterocycles. The third-order valence-corrected chi connectivity index (χ3v) is 3.71. The van der Waals surface area contributed by atoms with Gasteiger partial charge in [0.15, 0.2) is 0 Å². The van der Waals surface area contributed by atoms with Crippen molar-refractivity contribution in [1.82, 2.24) is 10.2 Å². The summed E-state index contributed by atoms with van der Waals surface area (Å²) in [6.45, 7) is 7.64. The predicted molar refractivity (Wildman–Crippen MR) is 78.5 cm³/mol. The van der Waals surface area contributed by atoms with Crippen molar-refractivity contribution >= 4 is 11.9 Å². The third kappa shape index (κ3) is 7.48. The standard InChI is InChI=1S/C15H28N2O3/c1-12(2)9-13(10-15(19)20)11-16-14(18)5-8-17-6-3-4-7-17/h12-13H,3-11H2,1-2H3,(H,16,18)(H,19,20). The number of likely N-dealkylation sites (tertiary alicyclic amines) is 1. The highest BCUT2D eigenvalue weighted by Crippen LogP contribution is 2.15. The van der Waals surface area contributed by atoms with Crippen LogP contribution in [0.25, 0.3) is 0 Å². The Hall–Kier alpha value is -1.10. The van der Waals surface area contributed by atoms with Gasteiger partial charge in [-0.2, -0.15) is 0 Å². The monoisotopic (exact) mass is 284 g/mol. The maximum Gasteiger partial charge on any atom is 0.303 e. The van der Waals surface area contributed by atoms with Crippen LogP contribution in [-0.2, 0) is 9.59 Å². The number of aliphatic carboxylic acids is 1. The van der Waals surface area contributed by atoms with Crippen LogP contribution in [0.1, 0.15) is 46.0 Å². The van der Waals surface area contributed by atoms with Gasteiger partial charge in [0.2, 0.25) is 5.91 Å². The molecule has 0 aromatic heterocycles. The molecule has 0 radical (unpaired) electrons. The summed E-state index contributed by atoms with van der Waals surface area (Å²) in [4.78, 5) is 24.9. The number of carbonyl (C=O) groups excluding carboxylic acids is 1. The molecule has 2 N–H and O–H groups in total. The van der Waals surface area contributed by atoms with E-state index in [0.717, 1.165) is 26.1 Å². The second kappa shape index (κ2) is 8.95. The molecule has 5 nitrogen and oxygen atoms in total. The Balaban J connectivity index is 2.22. The van der Waals surface area contributed by atoms with Gasteiger partial charge >= 0.3 is 5.97 Å². The highest BCUT2D eigenvalue weighted by atomic mass is 16.4. The fourth-order valence-corrected chi connectivity index (χ4v) is 2.76. The largest absolute Gasteiger partial charge is 0.481 e. The van der Waals surface area contributed by atoms with Crippen LogP contribution in [0.5, 0.6) is 0 Å². The topological polar surface area (TPSA) is 69.6 Å². The summed E-state index contributed by atoms with van der Waals surface area (Å²) in [5, 5.41) is 11.8. The van der Waals surface area contributed by atoms with Crippen LogP contribution in [0.15, 0.2) is 0 Å². The Morgan fingerprint density at radius 3 is 2.45 bits per heavy atom. The minimum absolute atomic E-state index is 0.0308. The van der Waals surface area contributed by atoms with Crippen molar-refractivity contribution in [1.29, 1.82) is 0 Å². The minimum atomic E-state index is -0.790. The third-order valence-electron chi connectivity index (χ3n) is 3.71. The first kappa shape index (κ1) is 17.0. The molecule has 1 unspecified atom stereocenters. The molecular weight excluding hydrogens is 256 g/mol. The molecule has 0 spiro atoms. The molecule has 1 aliphatic rings. The molecule has 20 heavy (non-hydrogen) atoms. The van der Waals surface area contributed by atoms with Gasteiger partial charge in [0.1, 0.15) is 0 Å². The second-order valence-electron chi connectivity index (χ2n) is 6.20. The Morgan fingerprint density at radius 1 is 1.25 bits per heavy atom. The number of amides is 1. The minimum Gasteiger partial charge on any atom is -0.481 e. The van der Waals surface area contributed by atoms with E-state index in [-0.39, 0.29) is 18.2 Å². The van der Waals surface area contributed by atoms with Gasteiger partial charge in [-0.1, -0.05) is 13.8 Å². The molecule has 1 heterocycles. The highest BCUT2D eigenvalue weighted by molar-refractivity contribution is 5.76. The van der Waals surface area contributed by atoms with Gasteiger partial charge in [-0.3, -0.25) is 9.59 Å². The maximum atomic E-state index is 11.8. The molecule has 1 amide bonds. The molecular formula is C15H28N2O3. The van der Waals surface area contributed by atoms with Gasteiger partial charge in [0.25, 0.3) is 0 Å². The summed E-state index contributed by atoms with van der Waals surface area (Å²) < 4.78 is 0. The van der Waals surface area contributed by atoms with Crippen molar-refractivity contribution < 1.29 is 14.7 Å². The van der Waals surface area contributed by atoms with Crippen LogP contribution in [0.3, 0.4) is 0 Å². The van der Waals surface area contributed by atoms with Crippen LogP contribution in [-0.4, -0.2) is 48.1 Å². The van der Waals surface area contributed by atoms with Gasteiger partial charge in [-0.05, 0) is 44.2 Å². The molecule has 116 valence electrons. The molecule has 5 heteroatoms. The number of nitrogens with zero attached hydrogens (tertiary/aromatic N) is 1. The molecule has 1 rings (SSSR count).